The van der Waals surface area contributed by atoms with E-state index < -0.39 is 0 Å². The number of hydrogen-bond acceptors (Lipinski definition) is 6. The van der Waals surface area contributed by atoms with Crippen LogP contribution in [-0.4, -0.2) is 81.4 Å². The number of aryl methyl sites for hydroxylation is 2. The van der Waals surface area contributed by atoms with Gasteiger partial charge < -0.3 is 24.4 Å². The van der Waals surface area contributed by atoms with Crippen molar-refractivity contribution in [2.24, 2.45) is 7.05 Å². The lowest BCUT2D eigenvalue weighted by atomic mass is 9.96. The van der Waals surface area contributed by atoms with Crippen molar-refractivity contribution in [2.75, 3.05) is 46.2 Å². The molecule has 0 aliphatic carbocycles. The standard InChI is InChI=1S/C33H37N7O3/c1-21-31-30(36-32(40(31)17-14-34-21)22-12-15-39(16-13-22)29(41)20-37(2)3)24-10-11-25(28(19-24)43-5)35-33(42)27-18-23-8-6-7-9-26(23)38(27)4/h6-11,14,17-19,22H,12-13,15-16,20H2,1-5H3,(H,35,42). The summed E-state index contributed by atoms with van der Waals surface area (Å²) in [6.07, 6.45) is 5.47. The molecule has 5 aromatic rings. The highest BCUT2D eigenvalue weighted by atomic mass is 16.5. The first kappa shape index (κ1) is 28.4. The number of carbonyl (C=O) groups is 2. The molecule has 1 aliphatic rings. The predicted molar refractivity (Wildman–Crippen MR) is 168 cm³/mol. The van der Waals surface area contributed by atoms with Crippen LogP contribution in [-0.2, 0) is 11.8 Å². The number of methoxy groups -OCH3 is 1. The Morgan fingerprint density at radius 1 is 1.09 bits per heavy atom. The number of ether oxygens (including phenoxy) is 1. The number of piperidine rings is 1. The number of imidazole rings is 1. The second kappa shape index (κ2) is 11.5. The smallest absolute Gasteiger partial charge is 0.272 e. The minimum Gasteiger partial charge on any atom is -0.495 e. The van der Waals surface area contributed by atoms with Crippen LogP contribution in [0.1, 0.15) is 40.8 Å². The van der Waals surface area contributed by atoms with Gasteiger partial charge in [-0.3, -0.25) is 19.0 Å². The van der Waals surface area contributed by atoms with E-state index in [2.05, 4.69) is 14.7 Å². The number of para-hydroxylation sites is 1. The van der Waals surface area contributed by atoms with Gasteiger partial charge in [-0.1, -0.05) is 24.3 Å². The van der Waals surface area contributed by atoms with E-state index >= 15 is 0 Å². The Morgan fingerprint density at radius 3 is 2.58 bits per heavy atom. The molecular formula is C33H37N7O3. The molecule has 1 fully saturated rings. The molecule has 43 heavy (non-hydrogen) atoms. The maximum Gasteiger partial charge on any atom is 0.272 e. The minimum absolute atomic E-state index is 0.164. The van der Waals surface area contributed by atoms with E-state index in [9.17, 15) is 9.59 Å². The quantitative estimate of drug-likeness (QED) is 0.300. The Bertz CT molecular complexity index is 1830. The van der Waals surface area contributed by atoms with E-state index in [0.717, 1.165) is 52.0 Å². The van der Waals surface area contributed by atoms with Gasteiger partial charge in [0.2, 0.25) is 5.91 Å². The highest BCUT2D eigenvalue weighted by Crippen LogP contribution is 2.37. The van der Waals surface area contributed by atoms with Crippen LogP contribution >= 0.6 is 0 Å². The first-order valence-electron chi connectivity index (χ1n) is 14.6. The number of carbonyl (C=O) groups excluding carboxylic acids is 2. The third-order valence-corrected chi connectivity index (χ3v) is 8.34. The molecule has 0 radical (unpaired) electrons. The highest BCUT2D eigenvalue weighted by molar-refractivity contribution is 6.07. The number of benzene rings is 2. The van der Waals surface area contributed by atoms with Crippen LogP contribution in [0.5, 0.6) is 5.75 Å². The van der Waals surface area contributed by atoms with Crippen molar-refractivity contribution in [1.82, 2.24) is 28.7 Å². The molecule has 1 saturated heterocycles. The van der Waals surface area contributed by atoms with Gasteiger partial charge in [-0.2, -0.15) is 0 Å². The van der Waals surface area contributed by atoms with Crippen LogP contribution in [0.3, 0.4) is 0 Å². The summed E-state index contributed by atoms with van der Waals surface area (Å²) in [7, 11) is 7.32. The summed E-state index contributed by atoms with van der Waals surface area (Å²) in [4.78, 5) is 39.5. The molecule has 10 nitrogen and oxygen atoms in total. The summed E-state index contributed by atoms with van der Waals surface area (Å²) in [5.74, 6) is 1.68. The Hall–Kier alpha value is -4.70. The first-order valence-corrected chi connectivity index (χ1v) is 14.6. The fourth-order valence-corrected chi connectivity index (χ4v) is 6.10. The van der Waals surface area contributed by atoms with Gasteiger partial charge in [0.1, 0.15) is 17.3 Å². The predicted octanol–water partition coefficient (Wildman–Crippen LogP) is 4.72. The first-order chi connectivity index (χ1) is 20.7. The summed E-state index contributed by atoms with van der Waals surface area (Å²) in [5.41, 5.74) is 5.64. The van der Waals surface area contributed by atoms with Gasteiger partial charge in [-0.15, -0.1) is 0 Å². The fraction of sp³-hybridized carbons (Fsp3) is 0.333. The number of anilines is 1. The molecule has 6 rings (SSSR count). The molecule has 0 saturated carbocycles. The van der Waals surface area contributed by atoms with Gasteiger partial charge in [-0.05, 0) is 58.1 Å². The molecule has 4 heterocycles. The van der Waals surface area contributed by atoms with Crippen LogP contribution in [0.15, 0.2) is 60.9 Å². The van der Waals surface area contributed by atoms with E-state index in [1.807, 2.05) is 97.2 Å². The number of hydrogen-bond donors (Lipinski definition) is 1. The van der Waals surface area contributed by atoms with Crippen molar-refractivity contribution in [3.05, 3.63) is 78.1 Å². The molecule has 0 bridgehead atoms. The molecule has 1 N–H and O–H groups in total. The zero-order valence-corrected chi connectivity index (χ0v) is 25.3. The SMILES string of the molecule is COc1cc(-c2nc(C3CCN(C(=O)CN(C)C)CC3)n3ccnc(C)c23)ccc1NC(=O)c1cc2ccccc2n1C. The minimum atomic E-state index is -0.213. The number of fused-ring (bicyclic) bond motifs is 2. The van der Waals surface area contributed by atoms with Crippen molar-refractivity contribution >= 4 is 33.9 Å². The second-order valence-corrected chi connectivity index (χ2v) is 11.5. The Balaban J connectivity index is 1.29. The van der Waals surface area contributed by atoms with E-state index in [0.29, 0.717) is 36.8 Å². The summed E-state index contributed by atoms with van der Waals surface area (Å²) >= 11 is 0. The molecule has 0 atom stereocenters. The van der Waals surface area contributed by atoms with E-state index in [-0.39, 0.29) is 17.7 Å². The average Bonchev–Trinajstić information content (AvgIpc) is 3.56. The topological polar surface area (TPSA) is 97.0 Å². The second-order valence-electron chi connectivity index (χ2n) is 11.5. The highest BCUT2D eigenvalue weighted by Gasteiger charge is 2.28. The molecular weight excluding hydrogens is 542 g/mol. The number of likely N-dealkylation sites (tertiary alicyclic amines) is 1. The summed E-state index contributed by atoms with van der Waals surface area (Å²) in [5, 5.41) is 4.04. The Morgan fingerprint density at radius 2 is 1.86 bits per heavy atom. The number of likely N-dealkylation sites (N-methyl/N-ethyl adjacent to an activating group) is 1. The summed E-state index contributed by atoms with van der Waals surface area (Å²) in [6, 6.07) is 15.5. The molecule has 10 heteroatoms. The normalized spacial score (nSPS) is 14.1. The summed E-state index contributed by atoms with van der Waals surface area (Å²) < 4.78 is 9.78. The lowest BCUT2D eigenvalue weighted by Gasteiger charge is -2.32. The molecule has 2 amide bonds. The Labute approximate surface area is 250 Å². The fourth-order valence-electron chi connectivity index (χ4n) is 6.10. The third kappa shape index (κ3) is 5.34. The molecule has 0 spiro atoms. The molecule has 222 valence electrons. The van der Waals surface area contributed by atoms with E-state index in [1.165, 1.54) is 0 Å². The van der Waals surface area contributed by atoms with Gasteiger partial charge in [0.25, 0.3) is 5.91 Å². The van der Waals surface area contributed by atoms with Crippen LogP contribution in [0.2, 0.25) is 0 Å². The lowest BCUT2D eigenvalue weighted by molar-refractivity contribution is -0.132. The number of nitrogens with zero attached hydrogens (tertiary/aromatic N) is 6. The molecule has 1 aliphatic heterocycles. The third-order valence-electron chi connectivity index (χ3n) is 8.34. The van der Waals surface area contributed by atoms with Crippen molar-refractivity contribution < 1.29 is 14.3 Å². The van der Waals surface area contributed by atoms with E-state index in [4.69, 9.17) is 9.72 Å². The van der Waals surface area contributed by atoms with Crippen molar-refractivity contribution in [3.8, 4) is 17.0 Å². The van der Waals surface area contributed by atoms with Crippen LogP contribution in [0, 0.1) is 6.92 Å². The van der Waals surface area contributed by atoms with Gasteiger partial charge >= 0.3 is 0 Å². The van der Waals surface area contributed by atoms with Crippen molar-refractivity contribution in [1.29, 1.82) is 0 Å². The maximum absolute atomic E-state index is 13.3. The van der Waals surface area contributed by atoms with Crippen LogP contribution in [0.4, 0.5) is 5.69 Å². The Kier molecular flexibility index (Phi) is 7.62. The van der Waals surface area contributed by atoms with Gasteiger partial charge in [0.15, 0.2) is 0 Å². The maximum atomic E-state index is 13.3. The number of nitrogens with one attached hydrogen (secondary N) is 1. The zero-order chi connectivity index (χ0) is 30.2. The van der Waals surface area contributed by atoms with Crippen molar-refractivity contribution in [2.45, 2.75) is 25.7 Å². The zero-order valence-electron chi connectivity index (χ0n) is 25.3. The summed E-state index contributed by atoms with van der Waals surface area (Å²) in [6.45, 7) is 3.84. The molecule has 0 unspecified atom stereocenters. The van der Waals surface area contributed by atoms with E-state index in [1.54, 1.807) is 13.3 Å². The largest absolute Gasteiger partial charge is 0.495 e. The monoisotopic (exact) mass is 579 g/mol. The number of aromatic nitrogens is 4. The molecule has 3 aromatic heterocycles. The van der Waals surface area contributed by atoms with Crippen LogP contribution < -0.4 is 10.1 Å². The number of amides is 2. The number of rotatable bonds is 7. The van der Waals surface area contributed by atoms with Crippen molar-refractivity contribution in [3.63, 3.8) is 0 Å². The lowest BCUT2D eigenvalue weighted by Crippen LogP contribution is -2.42. The van der Waals surface area contributed by atoms with Gasteiger partial charge in [0, 0.05) is 54.9 Å². The van der Waals surface area contributed by atoms with Crippen LogP contribution in [0.25, 0.3) is 27.7 Å². The molecule has 2 aromatic carbocycles. The average molecular weight is 580 g/mol. The van der Waals surface area contributed by atoms with Gasteiger partial charge in [0.05, 0.1) is 36.2 Å². The van der Waals surface area contributed by atoms with Gasteiger partial charge in [-0.25, -0.2) is 4.98 Å².